The third-order valence-electron chi connectivity index (χ3n) is 3.26. The van der Waals surface area contributed by atoms with Gasteiger partial charge in [0, 0.05) is 18.9 Å². The molecule has 1 N–H and O–H groups in total. The van der Waals surface area contributed by atoms with E-state index in [-0.39, 0.29) is 5.82 Å². The van der Waals surface area contributed by atoms with Crippen molar-refractivity contribution in [3.8, 4) is 0 Å². The lowest BCUT2D eigenvalue weighted by Crippen LogP contribution is -2.22. The van der Waals surface area contributed by atoms with Gasteiger partial charge in [-0.1, -0.05) is 12.1 Å². The summed E-state index contributed by atoms with van der Waals surface area (Å²) in [5.41, 5.74) is 0.835. The third kappa shape index (κ3) is 2.76. The van der Waals surface area contributed by atoms with Gasteiger partial charge >= 0.3 is 0 Å². The van der Waals surface area contributed by atoms with E-state index in [0.29, 0.717) is 6.42 Å². The van der Waals surface area contributed by atoms with Gasteiger partial charge in [0.25, 0.3) is 0 Å². The maximum absolute atomic E-state index is 12.8. The number of aromatic nitrogens is 2. The van der Waals surface area contributed by atoms with Gasteiger partial charge in [0.1, 0.15) is 5.82 Å². The molecule has 0 bridgehead atoms. The molecule has 1 atom stereocenters. The summed E-state index contributed by atoms with van der Waals surface area (Å²) in [6, 6.07) is 7.92. The van der Waals surface area contributed by atoms with Gasteiger partial charge < -0.3 is 5.11 Å². The topological polar surface area (TPSA) is 38.0 Å². The van der Waals surface area contributed by atoms with Crippen LogP contribution in [-0.4, -0.2) is 14.9 Å². The Kier molecular flexibility index (Phi) is 3.48. The van der Waals surface area contributed by atoms with Crippen LogP contribution in [-0.2, 0) is 19.1 Å². The van der Waals surface area contributed by atoms with Gasteiger partial charge in [-0.3, -0.25) is 4.68 Å². The van der Waals surface area contributed by atoms with Gasteiger partial charge in [-0.15, -0.1) is 0 Å². The predicted molar refractivity (Wildman–Crippen MR) is 67.5 cm³/mol. The van der Waals surface area contributed by atoms with Crippen molar-refractivity contribution in [1.82, 2.24) is 9.78 Å². The van der Waals surface area contributed by atoms with Crippen LogP contribution < -0.4 is 0 Å². The summed E-state index contributed by atoms with van der Waals surface area (Å²) in [5, 5.41) is 14.5. The molecule has 2 rings (SSSR count). The molecule has 1 unspecified atom stereocenters. The van der Waals surface area contributed by atoms with E-state index in [1.165, 1.54) is 12.1 Å². The van der Waals surface area contributed by atoms with E-state index < -0.39 is 5.60 Å². The first-order chi connectivity index (χ1) is 8.49. The molecule has 4 heteroatoms. The van der Waals surface area contributed by atoms with Crippen LogP contribution >= 0.6 is 0 Å². The number of nitrogens with zero attached hydrogens (tertiary/aromatic N) is 2. The van der Waals surface area contributed by atoms with Gasteiger partial charge in [0.05, 0.1) is 5.60 Å². The van der Waals surface area contributed by atoms with Gasteiger partial charge in [-0.25, -0.2) is 4.39 Å². The molecule has 2 aromatic rings. The first-order valence-electron chi connectivity index (χ1n) is 5.94. The van der Waals surface area contributed by atoms with Gasteiger partial charge in [0.15, 0.2) is 0 Å². The molecule has 0 saturated heterocycles. The Labute approximate surface area is 106 Å². The summed E-state index contributed by atoms with van der Waals surface area (Å²) in [5.74, 6) is -0.291. The average molecular weight is 248 g/mol. The lowest BCUT2D eigenvalue weighted by Gasteiger charge is -2.23. The molecule has 18 heavy (non-hydrogen) atoms. The van der Waals surface area contributed by atoms with Crippen molar-refractivity contribution in [1.29, 1.82) is 0 Å². The molecule has 1 heterocycles. The van der Waals surface area contributed by atoms with E-state index in [9.17, 15) is 9.50 Å². The van der Waals surface area contributed by atoms with Crippen molar-refractivity contribution >= 4 is 0 Å². The highest BCUT2D eigenvalue weighted by molar-refractivity contribution is 5.22. The number of aryl methyl sites for hydroxylation is 2. The Morgan fingerprint density at radius 2 is 1.94 bits per heavy atom. The van der Waals surface area contributed by atoms with E-state index in [1.54, 1.807) is 29.9 Å². The lowest BCUT2D eigenvalue weighted by atomic mass is 9.90. The van der Waals surface area contributed by atoms with Crippen LogP contribution in [0.15, 0.2) is 36.5 Å². The molecule has 0 fully saturated rings. The van der Waals surface area contributed by atoms with E-state index in [1.807, 2.05) is 13.1 Å². The number of aliphatic hydroxyl groups is 1. The Morgan fingerprint density at radius 1 is 1.28 bits per heavy atom. The predicted octanol–water partition coefficient (Wildman–Crippen LogP) is 2.40. The van der Waals surface area contributed by atoms with Crippen LogP contribution in [0.4, 0.5) is 4.39 Å². The molecule has 0 saturated carbocycles. The molecule has 96 valence electrons. The fourth-order valence-corrected chi connectivity index (χ4v) is 1.97. The Balaban J connectivity index is 2.07. The number of halogens is 1. The lowest BCUT2D eigenvalue weighted by molar-refractivity contribution is 0.0475. The van der Waals surface area contributed by atoms with E-state index in [0.717, 1.165) is 17.7 Å². The smallest absolute Gasteiger partial charge is 0.123 e. The molecule has 1 aromatic heterocycles. The van der Waals surface area contributed by atoms with Crippen LogP contribution in [0.1, 0.15) is 24.6 Å². The van der Waals surface area contributed by atoms with Gasteiger partial charge in [-0.2, -0.15) is 5.10 Å². The fourth-order valence-electron chi connectivity index (χ4n) is 1.97. The highest BCUT2D eigenvalue weighted by Gasteiger charge is 2.23. The summed E-state index contributed by atoms with van der Waals surface area (Å²) in [6.07, 6.45) is 3.03. The minimum Gasteiger partial charge on any atom is -0.385 e. The fraction of sp³-hybridized carbons (Fsp3) is 0.357. The van der Waals surface area contributed by atoms with Crippen molar-refractivity contribution < 1.29 is 9.50 Å². The molecular weight excluding hydrogens is 231 g/mol. The number of benzene rings is 1. The largest absolute Gasteiger partial charge is 0.385 e. The molecule has 3 nitrogen and oxygen atoms in total. The second-order valence-corrected chi connectivity index (χ2v) is 4.73. The van der Waals surface area contributed by atoms with Crippen LogP contribution in [0, 0.1) is 5.82 Å². The molecule has 0 spiro atoms. The molecule has 1 aromatic carbocycles. The zero-order valence-electron chi connectivity index (χ0n) is 10.6. The normalized spacial score (nSPS) is 14.4. The number of hydrogen-bond donors (Lipinski definition) is 1. The van der Waals surface area contributed by atoms with Crippen LogP contribution in [0.5, 0.6) is 0 Å². The van der Waals surface area contributed by atoms with Crippen molar-refractivity contribution in [2.45, 2.75) is 25.4 Å². The zero-order valence-corrected chi connectivity index (χ0v) is 10.6. The van der Waals surface area contributed by atoms with Crippen molar-refractivity contribution in [2.24, 2.45) is 7.05 Å². The molecule has 0 aliphatic carbocycles. The second-order valence-electron chi connectivity index (χ2n) is 4.73. The van der Waals surface area contributed by atoms with Gasteiger partial charge in [0.2, 0.25) is 0 Å². The Morgan fingerprint density at radius 3 is 2.50 bits per heavy atom. The van der Waals surface area contributed by atoms with E-state index in [2.05, 4.69) is 5.10 Å². The monoisotopic (exact) mass is 248 g/mol. The Bertz CT molecular complexity index is 517. The Hall–Kier alpha value is -1.68. The van der Waals surface area contributed by atoms with Crippen LogP contribution in [0.25, 0.3) is 0 Å². The first-order valence-corrected chi connectivity index (χ1v) is 5.94. The van der Waals surface area contributed by atoms with Crippen LogP contribution in [0.2, 0.25) is 0 Å². The van der Waals surface area contributed by atoms with Crippen molar-refractivity contribution in [3.05, 3.63) is 53.6 Å². The highest BCUT2D eigenvalue weighted by Crippen LogP contribution is 2.26. The van der Waals surface area contributed by atoms with Crippen LogP contribution in [0.3, 0.4) is 0 Å². The second kappa shape index (κ2) is 4.90. The summed E-state index contributed by atoms with van der Waals surface area (Å²) < 4.78 is 14.6. The summed E-state index contributed by atoms with van der Waals surface area (Å²) in [4.78, 5) is 0. The molecule has 0 aliphatic rings. The number of rotatable bonds is 4. The molecule has 0 radical (unpaired) electrons. The molecule has 0 aliphatic heterocycles. The quantitative estimate of drug-likeness (QED) is 0.902. The average Bonchev–Trinajstić information content (AvgIpc) is 2.73. The minimum atomic E-state index is -0.960. The summed E-state index contributed by atoms with van der Waals surface area (Å²) in [7, 11) is 1.88. The summed E-state index contributed by atoms with van der Waals surface area (Å²) >= 11 is 0. The number of hydrogen-bond acceptors (Lipinski definition) is 2. The zero-order chi connectivity index (χ0) is 13.2. The first kappa shape index (κ1) is 12.8. The maximum atomic E-state index is 12.8. The molecular formula is C14H17FN2O. The van der Waals surface area contributed by atoms with Gasteiger partial charge in [-0.05, 0) is 43.5 Å². The summed E-state index contributed by atoms with van der Waals surface area (Å²) in [6.45, 7) is 1.75. The van der Waals surface area contributed by atoms with E-state index >= 15 is 0 Å². The highest BCUT2D eigenvalue weighted by atomic mass is 19.1. The minimum absolute atomic E-state index is 0.291. The molecule has 0 amide bonds. The SMILES string of the molecule is Cn1nccc1CCC(C)(O)c1ccc(F)cc1. The third-order valence-corrected chi connectivity index (χ3v) is 3.26. The van der Waals surface area contributed by atoms with E-state index in [4.69, 9.17) is 0 Å². The maximum Gasteiger partial charge on any atom is 0.123 e. The standard InChI is InChI=1S/C14H17FN2O/c1-14(18,11-3-5-12(15)6-4-11)9-7-13-8-10-16-17(13)2/h3-6,8,10,18H,7,9H2,1-2H3. The van der Waals surface area contributed by atoms with Crippen molar-refractivity contribution in [3.63, 3.8) is 0 Å². The van der Waals surface area contributed by atoms with Crippen molar-refractivity contribution in [2.75, 3.05) is 0 Å².